The maximum Gasteiger partial charge on any atom is 0.331 e. The number of amides is 5. The van der Waals surface area contributed by atoms with Crippen LogP contribution in [0.1, 0.15) is 37.7 Å². The van der Waals surface area contributed by atoms with E-state index in [1.807, 2.05) is 40.8 Å². The van der Waals surface area contributed by atoms with Crippen LogP contribution in [-0.2, 0) is 14.4 Å². The second kappa shape index (κ2) is 11.5. The fraction of sp³-hybridized carbons (Fsp3) is 0.308. The number of urea groups is 1. The number of para-hydroxylation sites is 1. The van der Waals surface area contributed by atoms with Crippen LogP contribution < -0.4 is 20.1 Å². The van der Waals surface area contributed by atoms with E-state index < -0.39 is 17.8 Å². The third kappa shape index (κ3) is 5.86. The molecule has 36 heavy (non-hydrogen) atoms. The summed E-state index contributed by atoms with van der Waals surface area (Å²) in [5.74, 6) is -0.958. The first kappa shape index (κ1) is 25.7. The molecule has 2 N–H and O–H groups in total. The van der Waals surface area contributed by atoms with Crippen molar-refractivity contribution in [1.29, 1.82) is 0 Å². The minimum absolute atomic E-state index is 0.117. The van der Waals surface area contributed by atoms with Crippen molar-refractivity contribution in [3.63, 3.8) is 0 Å². The van der Waals surface area contributed by atoms with Gasteiger partial charge < -0.3 is 14.8 Å². The van der Waals surface area contributed by atoms with Gasteiger partial charge in [0.1, 0.15) is 5.57 Å². The molecule has 0 bridgehead atoms. The van der Waals surface area contributed by atoms with Gasteiger partial charge in [-0.25, -0.2) is 4.79 Å². The highest BCUT2D eigenvalue weighted by Crippen LogP contribution is 2.35. The first-order valence-corrected chi connectivity index (χ1v) is 12.7. The van der Waals surface area contributed by atoms with E-state index in [2.05, 4.69) is 10.6 Å². The van der Waals surface area contributed by atoms with Gasteiger partial charge in [0, 0.05) is 11.7 Å². The van der Waals surface area contributed by atoms with Crippen molar-refractivity contribution in [3.05, 3.63) is 57.2 Å². The molecule has 2 aromatic rings. The molecular formula is C26H26IN3O6. The molecule has 188 valence electrons. The molecule has 0 spiro atoms. The lowest BCUT2D eigenvalue weighted by Crippen LogP contribution is -2.58. The molecular weight excluding hydrogens is 577 g/mol. The van der Waals surface area contributed by atoms with Gasteiger partial charge >= 0.3 is 6.03 Å². The first-order valence-electron chi connectivity index (χ1n) is 11.6. The second-order valence-corrected chi connectivity index (χ2v) is 9.68. The van der Waals surface area contributed by atoms with Crippen molar-refractivity contribution in [1.82, 2.24) is 10.2 Å². The lowest BCUT2D eigenvalue weighted by Gasteiger charge is -2.35. The topological polar surface area (TPSA) is 114 Å². The summed E-state index contributed by atoms with van der Waals surface area (Å²) in [5.41, 5.74) is 1.06. The van der Waals surface area contributed by atoms with Crippen molar-refractivity contribution in [2.45, 2.75) is 38.1 Å². The Bertz CT molecular complexity index is 1210. The van der Waals surface area contributed by atoms with Crippen LogP contribution in [-0.4, -0.2) is 48.4 Å². The number of halogens is 1. The minimum atomic E-state index is -0.732. The SMILES string of the molecule is COc1cc(C=C2C(=O)NC(=O)N(C3CCCCC3)C2=O)cc(I)c1OCC(=O)Nc1ccccc1. The number of rotatable bonds is 7. The Balaban J connectivity index is 1.52. The van der Waals surface area contributed by atoms with E-state index in [0.29, 0.717) is 26.3 Å². The van der Waals surface area contributed by atoms with E-state index in [-0.39, 0.29) is 24.1 Å². The van der Waals surface area contributed by atoms with Crippen LogP contribution in [0.25, 0.3) is 6.08 Å². The normalized spacial score (nSPS) is 17.7. The third-order valence-corrected chi connectivity index (χ3v) is 6.84. The number of carbonyl (C=O) groups is 4. The van der Waals surface area contributed by atoms with E-state index in [0.717, 1.165) is 32.1 Å². The monoisotopic (exact) mass is 603 g/mol. The largest absolute Gasteiger partial charge is 0.493 e. The molecule has 1 heterocycles. The Morgan fingerprint density at radius 3 is 2.56 bits per heavy atom. The van der Waals surface area contributed by atoms with Crippen LogP contribution in [0.15, 0.2) is 48.0 Å². The summed E-state index contributed by atoms with van der Waals surface area (Å²) in [7, 11) is 1.46. The molecule has 2 aliphatic rings. The first-order chi connectivity index (χ1) is 17.4. The van der Waals surface area contributed by atoms with Gasteiger partial charge in [0.25, 0.3) is 17.7 Å². The number of anilines is 1. The summed E-state index contributed by atoms with van der Waals surface area (Å²) >= 11 is 2.04. The zero-order valence-electron chi connectivity index (χ0n) is 19.7. The Morgan fingerprint density at radius 1 is 1.14 bits per heavy atom. The smallest absolute Gasteiger partial charge is 0.331 e. The number of methoxy groups -OCH3 is 1. The van der Waals surface area contributed by atoms with Gasteiger partial charge in [0.15, 0.2) is 18.1 Å². The molecule has 2 aromatic carbocycles. The number of imide groups is 2. The van der Waals surface area contributed by atoms with Gasteiger partial charge in [-0.2, -0.15) is 0 Å². The minimum Gasteiger partial charge on any atom is -0.493 e. The summed E-state index contributed by atoms with van der Waals surface area (Å²) in [6.45, 7) is -0.235. The lowest BCUT2D eigenvalue weighted by atomic mass is 9.93. The lowest BCUT2D eigenvalue weighted by molar-refractivity contribution is -0.132. The number of hydrogen-bond donors (Lipinski definition) is 2. The maximum absolute atomic E-state index is 13.2. The van der Waals surface area contributed by atoms with Gasteiger partial charge in [0.2, 0.25) is 0 Å². The summed E-state index contributed by atoms with van der Waals surface area (Å²) in [6, 6.07) is 11.5. The zero-order valence-corrected chi connectivity index (χ0v) is 21.9. The molecule has 1 saturated carbocycles. The fourth-order valence-corrected chi connectivity index (χ4v) is 5.11. The van der Waals surface area contributed by atoms with Crippen molar-refractivity contribution < 1.29 is 28.7 Å². The number of nitrogens with one attached hydrogen (secondary N) is 2. The van der Waals surface area contributed by atoms with Gasteiger partial charge in [-0.1, -0.05) is 37.5 Å². The number of carbonyl (C=O) groups excluding carboxylic acids is 4. The van der Waals surface area contributed by atoms with Crippen LogP contribution >= 0.6 is 22.6 Å². The van der Waals surface area contributed by atoms with Gasteiger partial charge in [0.05, 0.1) is 10.7 Å². The van der Waals surface area contributed by atoms with Crippen molar-refractivity contribution in [2.75, 3.05) is 19.0 Å². The summed E-state index contributed by atoms with van der Waals surface area (Å²) in [4.78, 5) is 51.6. The molecule has 1 aliphatic heterocycles. The zero-order chi connectivity index (χ0) is 25.7. The number of barbiturate groups is 1. The molecule has 0 atom stereocenters. The van der Waals surface area contributed by atoms with Crippen LogP contribution in [0.3, 0.4) is 0 Å². The van der Waals surface area contributed by atoms with E-state index in [1.54, 1.807) is 24.3 Å². The molecule has 2 fully saturated rings. The van der Waals surface area contributed by atoms with Gasteiger partial charge in [-0.3, -0.25) is 24.6 Å². The van der Waals surface area contributed by atoms with Crippen LogP contribution in [0.2, 0.25) is 0 Å². The fourth-order valence-electron chi connectivity index (χ4n) is 4.33. The molecule has 0 unspecified atom stereocenters. The molecule has 10 heteroatoms. The van der Waals surface area contributed by atoms with Crippen LogP contribution in [0.5, 0.6) is 11.5 Å². The number of ether oxygens (including phenoxy) is 2. The van der Waals surface area contributed by atoms with E-state index in [9.17, 15) is 19.2 Å². The molecule has 1 saturated heterocycles. The summed E-state index contributed by atoms with van der Waals surface area (Å²) < 4.78 is 11.8. The average molecular weight is 603 g/mol. The number of hydrogen-bond acceptors (Lipinski definition) is 6. The standard InChI is InChI=1S/C26H26IN3O6/c1-35-21-14-16(13-20(27)23(21)36-15-22(31)28-17-8-4-2-5-9-17)12-19-24(32)29-26(34)30(25(19)33)18-10-6-3-7-11-18/h2,4-5,8-9,12-14,18H,3,6-7,10-11,15H2,1H3,(H,28,31)(H,29,32,34). The van der Waals surface area contributed by atoms with Crippen LogP contribution in [0.4, 0.5) is 10.5 Å². The highest BCUT2D eigenvalue weighted by atomic mass is 127. The molecule has 9 nitrogen and oxygen atoms in total. The highest BCUT2D eigenvalue weighted by Gasteiger charge is 2.40. The Labute approximate surface area is 222 Å². The third-order valence-electron chi connectivity index (χ3n) is 6.04. The molecule has 0 aromatic heterocycles. The molecule has 4 rings (SSSR count). The Kier molecular flexibility index (Phi) is 8.24. The van der Waals surface area contributed by atoms with Crippen molar-refractivity contribution in [2.24, 2.45) is 0 Å². The Morgan fingerprint density at radius 2 is 1.86 bits per heavy atom. The summed E-state index contributed by atoms with van der Waals surface area (Å²) in [5, 5.41) is 5.04. The highest BCUT2D eigenvalue weighted by molar-refractivity contribution is 14.1. The quantitative estimate of drug-likeness (QED) is 0.280. The summed E-state index contributed by atoms with van der Waals surface area (Å²) in [6.07, 6.45) is 5.86. The van der Waals surface area contributed by atoms with E-state index in [1.165, 1.54) is 18.1 Å². The average Bonchev–Trinajstić information content (AvgIpc) is 2.86. The number of benzene rings is 2. The van der Waals surface area contributed by atoms with Gasteiger partial charge in [-0.15, -0.1) is 0 Å². The predicted octanol–water partition coefficient (Wildman–Crippen LogP) is 4.11. The Hall–Kier alpha value is -3.41. The maximum atomic E-state index is 13.2. The number of nitrogens with zero attached hydrogens (tertiary/aromatic N) is 1. The predicted molar refractivity (Wildman–Crippen MR) is 142 cm³/mol. The van der Waals surface area contributed by atoms with Crippen molar-refractivity contribution in [3.8, 4) is 11.5 Å². The second-order valence-electron chi connectivity index (χ2n) is 8.52. The van der Waals surface area contributed by atoms with E-state index in [4.69, 9.17) is 9.47 Å². The van der Waals surface area contributed by atoms with Crippen LogP contribution in [0, 0.1) is 3.57 Å². The van der Waals surface area contributed by atoms with E-state index >= 15 is 0 Å². The molecule has 1 aliphatic carbocycles. The van der Waals surface area contributed by atoms with Gasteiger partial charge in [-0.05, 0) is 71.3 Å². The molecule has 0 radical (unpaired) electrons. The molecule has 5 amide bonds. The van der Waals surface area contributed by atoms with Crippen molar-refractivity contribution >= 4 is 58.1 Å².